The zero-order valence-electron chi connectivity index (χ0n) is 17.6. The van der Waals surface area contributed by atoms with Crippen molar-refractivity contribution in [1.82, 2.24) is 19.2 Å². The number of likely N-dealkylation sites (N-methyl/N-ethyl adjacent to an activating group) is 1. The lowest BCUT2D eigenvalue weighted by atomic mass is 10.1. The number of hydrogen-bond donors (Lipinski definition) is 1. The van der Waals surface area contributed by atoms with Gasteiger partial charge in [-0.05, 0) is 37.7 Å². The number of thiophene rings is 1. The number of carbonyl (C=O) groups excluding carboxylic acids is 1. The van der Waals surface area contributed by atoms with Crippen LogP contribution >= 0.6 is 22.9 Å². The van der Waals surface area contributed by atoms with Crippen molar-refractivity contribution in [3.05, 3.63) is 52.2 Å². The lowest BCUT2D eigenvalue weighted by molar-refractivity contribution is -0.137. The van der Waals surface area contributed by atoms with Crippen LogP contribution in [0.1, 0.15) is 26.6 Å². The van der Waals surface area contributed by atoms with Gasteiger partial charge in [-0.3, -0.25) is 15.0 Å². The number of aromatic nitrogens is 2. The van der Waals surface area contributed by atoms with Crippen LogP contribution in [0.5, 0.6) is 0 Å². The highest BCUT2D eigenvalue weighted by atomic mass is 32.1. The molecule has 3 heterocycles. The zero-order valence-corrected chi connectivity index (χ0v) is 19.2. The number of halogens is 3. The van der Waals surface area contributed by atoms with Gasteiger partial charge in [0.15, 0.2) is 5.82 Å². The van der Waals surface area contributed by atoms with Gasteiger partial charge in [0.2, 0.25) is 5.13 Å². The monoisotopic (exact) mass is 481 g/mol. The Kier molecular flexibility index (Phi) is 6.61. The van der Waals surface area contributed by atoms with Crippen molar-refractivity contribution in [3.8, 4) is 10.4 Å². The maximum atomic E-state index is 13.0. The Labute approximate surface area is 191 Å². The molecule has 0 spiro atoms. The molecule has 11 heteroatoms. The average molecular weight is 482 g/mol. The minimum Gasteiger partial charge on any atom is -0.304 e. The number of nitrogens with zero attached hydrogens (tertiary/aromatic N) is 4. The topological polar surface area (TPSA) is 61.4 Å². The van der Waals surface area contributed by atoms with Crippen LogP contribution in [-0.4, -0.2) is 58.3 Å². The third-order valence-electron chi connectivity index (χ3n) is 5.29. The summed E-state index contributed by atoms with van der Waals surface area (Å²) in [5.41, 5.74) is 0.129. The fraction of sp³-hybridized carbons (Fsp3) is 0.381. The van der Waals surface area contributed by atoms with Crippen LogP contribution in [0, 0.1) is 6.92 Å². The number of rotatable bonds is 5. The van der Waals surface area contributed by atoms with Crippen molar-refractivity contribution in [2.45, 2.75) is 19.6 Å². The van der Waals surface area contributed by atoms with E-state index in [1.165, 1.54) is 17.4 Å². The van der Waals surface area contributed by atoms with Crippen molar-refractivity contribution < 1.29 is 18.0 Å². The molecule has 1 aliphatic rings. The Morgan fingerprint density at radius 3 is 2.66 bits per heavy atom. The first kappa shape index (κ1) is 22.8. The Morgan fingerprint density at radius 2 is 1.94 bits per heavy atom. The van der Waals surface area contributed by atoms with Gasteiger partial charge in [0.25, 0.3) is 5.91 Å². The SMILES string of the molecule is Cc1sc(-c2cccc(C(F)(F)F)c2)cc1C(=O)Nc1nc(CN2CCN(C)CC2)ns1. The standard InChI is InChI=1S/C21H22F3N5OS2/c1-13-16(11-17(31-13)14-4-3-5-15(10-14)21(22,23)24)19(30)26-20-25-18(27-32-20)12-29-8-6-28(2)7-9-29/h3-5,10-11H,6-9,12H2,1-2H3,(H,25,26,27,30). The largest absolute Gasteiger partial charge is 0.416 e. The summed E-state index contributed by atoms with van der Waals surface area (Å²) in [6.07, 6.45) is -4.41. The Balaban J connectivity index is 1.44. The molecule has 4 rings (SSSR count). The van der Waals surface area contributed by atoms with E-state index in [4.69, 9.17) is 0 Å². The highest BCUT2D eigenvalue weighted by molar-refractivity contribution is 7.15. The molecule has 0 bridgehead atoms. The Hall–Kier alpha value is -2.34. The predicted octanol–water partition coefficient (Wildman–Crippen LogP) is 4.59. The molecule has 1 fully saturated rings. The third-order valence-corrected chi connectivity index (χ3v) is 7.05. The van der Waals surface area contributed by atoms with Gasteiger partial charge in [-0.2, -0.15) is 17.5 Å². The first-order valence-electron chi connectivity index (χ1n) is 10.0. The van der Waals surface area contributed by atoms with Crippen molar-refractivity contribution in [1.29, 1.82) is 0 Å². The van der Waals surface area contributed by atoms with Gasteiger partial charge in [0.1, 0.15) is 0 Å². The molecule has 0 aliphatic carbocycles. The molecular formula is C21H22F3N5OS2. The van der Waals surface area contributed by atoms with E-state index in [2.05, 4.69) is 31.5 Å². The minimum atomic E-state index is -4.41. The fourth-order valence-electron chi connectivity index (χ4n) is 3.44. The van der Waals surface area contributed by atoms with Crippen LogP contribution in [0.25, 0.3) is 10.4 Å². The molecule has 3 aromatic rings. The number of piperazine rings is 1. The predicted molar refractivity (Wildman–Crippen MR) is 120 cm³/mol. The third kappa shape index (κ3) is 5.34. The summed E-state index contributed by atoms with van der Waals surface area (Å²) in [6, 6.07) is 6.74. The van der Waals surface area contributed by atoms with Crippen LogP contribution in [0.15, 0.2) is 30.3 Å². The summed E-state index contributed by atoms with van der Waals surface area (Å²) in [7, 11) is 2.09. The summed E-state index contributed by atoms with van der Waals surface area (Å²) < 4.78 is 43.4. The maximum Gasteiger partial charge on any atom is 0.416 e. The van der Waals surface area contributed by atoms with E-state index < -0.39 is 11.7 Å². The second-order valence-electron chi connectivity index (χ2n) is 7.71. The van der Waals surface area contributed by atoms with Crippen molar-refractivity contribution in [2.24, 2.45) is 0 Å². The van der Waals surface area contributed by atoms with Crippen LogP contribution in [0.3, 0.4) is 0 Å². The van der Waals surface area contributed by atoms with Gasteiger partial charge in [0, 0.05) is 47.5 Å². The minimum absolute atomic E-state index is 0.348. The van der Waals surface area contributed by atoms with Crippen molar-refractivity contribution in [3.63, 3.8) is 0 Å². The van der Waals surface area contributed by atoms with Crippen molar-refractivity contribution >= 4 is 33.9 Å². The van der Waals surface area contributed by atoms with E-state index in [-0.39, 0.29) is 5.91 Å². The number of hydrogen-bond acceptors (Lipinski definition) is 7. The summed E-state index contributed by atoms with van der Waals surface area (Å²) in [5, 5.41) is 3.18. The number of amides is 1. The number of benzene rings is 1. The number of anilines is 1. The maximum absolute atomic E-state index is 13.0. The molecule has 1 N–H and O–H groups in total. The molecule has 1 aromatic carbocycles. The smallest absolute Gasteiger partial charge is 0.304 e. The quantitative estimate of drug-likeness (QED) is 0.578. The van der Waals surface area contributed by atoms with Crippen LogP contribution in [-0.2, 0) is 12.7 Å². The number of nitrogens with one attached hydrogen (secondary N) is 1. The van der Waals surface area contributed by atoms with E-state index >= 15 is 0 Å². The van der Waals surface area contributed by atoms with Crippen molar-refractivity contribution in [2.75, 3.05) is 38.5 Å². The van der Waals surface area contributed by atoms with Crippen LogP contribution < -0.4 is 5.32 Å². The lowest BCUT2D eigenvalue weighted by Gasteiger charge is -2.31. The lowest BCUT2D eigenvalue weighted by Crippen LogP contribution is -2.44. The highest BCUT2D eigenvalue weighted by Gasteiger charge is 2.30. The molecule has 1 aliphatic heterocycles. The second-order valence-corrected chi connectivity index (χ2v) is 9.72. The van der Waals surface area contributed by atoms with E-state index in [1.54, 1.807) is 19.1 Å². The highest BCUT2D eigenvalue weighted by Crippen LogP contribution is 2.36. The van der Waals surface area contributed by atoms with E-state index in [0.717, 1.165) is 54.7 Å². The molecule has 32 heavy (non-hydrogen) atoms. The summed E-state index contributed by atoms with van der Waals surface area (Å²) in [6.45, 7) is 6.30. The second kappa shape index (κ2) is 9.26. The van der Waals surface area contributed by atoms with Gasteiger partial charge in [-0.25, -0.2) is 4.98 Å². The van der Waals surface area contributed by atoms with Gasteiger partial charge < -0.3 is 4.90 Å². The van der Waals surface area contributed by atoms with Gasteiger partial charge in [-0.1, -0.05) is 12.1 Å². The first-order chi connectivity index (χ1) is 15.2. The van der Waals surface area contributed by atoms with E-state index in [0.29, 0.717) is 33.5 Å². The molecule has 1 amide bonds. The molecular weight excluding hydrogens is 459 g/mol. The molecule has 0 saturated carbocycles. The average Bonchev–Trinajstić information content (AvgIpc) is 3.35. The summed E-state index contributed by atoms with van der Waals surface area (Å²) in [4.78, 5) is 23.1. The number of alkyl halides is 3. The zero-order chi connectivity index (χ0) is 22.9. The number of carbonyl (C=O) groups is 1. The molecule has 6 nitrogen and oxygen atoms in total. The Bertz CT molecular complexity index is 1100. The molecule has 1 saturated heterocycles. The van der Waals surface area contributed by atoms with Gasteiger partial charge in [0.05, 0.1) is 17.7 Å². The molecule has 0 radical (unpaired) electrons. The fourth-order valence-corrected chi connectivity index (χ4v) is 5.03. The molecule has 2 aromatic heterocycles. The molecule has 0 unspecified atom stereocenters. The summed E-state index contributed by atoms with van der Waals surface area (Å²) in [5.74, 6) is 0.320. The van der Waals surface area contributed by atoms with E-state index in [9.17, 15) is 18.0 Å². The van der Waals surface area contributed by atoms with E-state index in [1.807, 2.05) is 0 Å². The van der Waals surface area contributed by atoms with Crippen LogP contribution in [0.2, 0.25) is 0 Å². The first-order valence-corrected chi connectivity index (χ1v) is 11.6. The molecule has 170 valence electrons. The Morgan fingerprint density at radius 1 is 1.19 bits per heavy atom. The van der Waals surface area contributed by atoms with Crippen LogP contribution in [0.4, 0.5) is 18.3 Å². The summed E-state index contributed by atoms with van der Waals surface area (Å²) >= 11 is 2.41. The normalized spacial score (nSPS) is 15.8. The number of aryl methyl sites for hydroxylation is 1. The van der Waals surface area contributed by atoms with Gasteiger partial charge in [-0.15, -0.1) is 11.3 Å². The molecule has 0 atom stereocenters. The van der Waals surface area contributed by atoms with Gasteiger partial charge >= 0.3 is 6.18 Å².